The Morgan fingerprint density at radius 1 is 1.36 bits per heavy atom. The highest BCUT2D eigenvalue weighted by molar-refractivity contribution is 7.86. The third-order valence-electron chi connectivity index (χ3n) is 5.08. The lowest BCUT2D eigenvalue weighted by atomic mass is 9.81. The first-order valence-electron chi connectivity index (χ1n) is 8.39. The van der Waals surface area contributed by atoms with E-state index in [1.165, 1.54) is 0 Å². The average molecular weight is 369 g/mol. The first-order chi connectivity index (χ1) is 11.8. The van der Waals surface area contributed by atoms with Gasteiger partial charge in [-0.15, -0.1) is 0 Å². The standard InChI is InChI=1S/C17H23NO6S/c1-18(2)14-6-4-3-5-12(14)16(25(20,21)22)10-23-17(19)13-9-11-7-8-15(13)24-11/h7-9,12,14,16H,3-6,10H2,1-2H3,(H,20,21,22). The second-order valence-corrected chi connectivity index (χ2v) is 8.53. The summed E-state index contributed by atoms with van der Waals surface area (Å²) in [5, 5.41) is -1.13. The Morgan fingerprint density at radius 3 is 2.64 bits per heavy atom. The van der Waals surface area contributed by atoms with Crippen molar-refractivity contribution in [1.82, 2.24) is 4.90 Å². The normalized spacial score (nSPS) is 23.2. The molecule has 1 aliphatic rings. The number of fused-ring (bicyclic) bond motifs is 2. The number of nitrogens with zero attached hydrogens (tertiary/aromatic N) is 1. The van der Waals surface area contributed by atoms with Gasteiger partial charge in [-0.25, -0.2) is 4.79 Å². The molecule has 8 heteroatoms. The van der Waals surface area contributed by atoms with E-state index in [-0.39, 0.29) is 24.1 Å². The number of rotatable bonds is 6. The fourth-order valence-corrected chi connectivity index (χ4v) is 4.83. The van der Waals surface area contributed by atoms with Gasteiger partial charge < -0.3 is 14.1 Å². The van der Waals surface area contributed by atoms with Crippen LogP contribution in [0.1, 0.15) is 36.0 Å². The maximum absolute atomic E-state index is 12.2. The number of carbonyl (C=O) groups excluding carboxylic acids is 1. The van der Waals surface area contributed by atoms with Gasteiger partial charge in [-0.3, -0.25) is 4.55 Å². The molecule has 138 valence electrons. The molecule has 1 N–H and O–H groups in total. The highest BCUT2D eigenvalue weighted by atomic mass is 32.2. The molecule has 1 saturated carbocycles. The van der Waals surface area contributed by atoms with Crippen LogP contribution in [0.3, 0.4) is 0 Å². The van der Waals surface area contributed by atoms with Gasteiger partial charge in [0.2, 0.25) is 0 Å². The van der Waals surface area contributed by atoms with E-state index in [4.69, 9.17) is 9.15 Å². The molecule has 0 spiro atoms. The summed E-state index contributed by atoms with van der Waals surface area (Å²) in [5.74, 6) is -0.918. The van der Waals surface area contributed by atoms with Crippen molar-refractivity contribution in [2.24, 2.45) is 5.92 Å². The molecule has 25 heavy (non-hydrogen) atoms. The Bertz CT molecular complexity index is 827. The van der Waals surface area contributed by atoms with Crippen molar-refractivity contribution in [3.05, 3.63) is 23.8 Å². The van der Waals surface area contributed by atoms with Crippen molar-refractivity contribution in [2.45, 2.75) is 37.0 Å². The predicted octanol–water partition coefficient (Wildman–Crippen LogP) is 2.40. The molecular formula is C17H23NO6S. The maximum Gasteiger partial charge on any atom is 0.342 e. The monoisotopic (exact) mass is 369 g/mol. The molecule has 3 rings (SSSR count). The summed E-state index contributed by atoms with van der Waals surface area (Å²) >= 11 is 0. The zero-order valence-electron chi connectivity index (χ0n) is 14.3. The van der Waals surface area contributed by atoms with Gasteiger partial charge in [0.05, 0.1) is 0 Å². The highest BCUT2D eigenvalue weighted by Gasteiger charge is 2.40. The first kappa shape index (κ1) is 18.2. The van der Waals surface area contributed by atoms with Crippen molar-refractivity contribution < 1.29 is 26.9 Å². The van der Waals surface area contributed by atoms with Crippen molar-refractivity contribution in [3.63, 3.8) is 0 Å². The highest BCUT2D eigenvalue weighted by Crippen LogP contribution is 2.33. The zero-order valence-corrected chi connectivity index (χ0v) is 15.2. The van der Waals surface area contributed by atoms with Crippen LogP contribution in [-0.4, -0.2) is 55.8 Å². The van der Waals surface area contributed by atoms with Gasteiger partial charge in [0.15, 0.2) is 0 Å². The van der Waals surface area contributed by atoms with Crippen LogP contribution in [0, 0.1) is 5.92 Å². The number of ether oxygens (including phenoxy) is 1. The second-order valence-electron chi connectivity index (χ2n) is 6.89. The average Bonchev–Trinajstić information content (AvgIpc) is 3.17. The van der Waals surface area contributed by atoms with Gasteiger partial charge in [-0.1, -0.05) is 12.8 Å². The number of esters is 1. The van der Waals surface area contributed by atoms with Crippen molar-refractivity contribution in [2.75, 3.05) is 20.7 Å². The molecule has 0 aromatic carbocycles. The van der Waals surface area contributed by atoms with Gasteiger partial charge in [0.1, 0.15) is 28.6 Å². The van der Waals surface area contributed by atoms with Gasteiger partial charge in [-0.05, 0) is 51.1 Å². The molecule has 7 nitrogen and oxygen atoms in total. The third kappa shape index (κ3) is 3.80. The Morgan fingerprint density at radius 2 is 2.08 bits per heavy atom. The third-order valence-corrected chi connectivity index (χ3v) is 6.33. The van der Waals surface area contributed by atoms with Crippen LogP contribution in [-0.2, 0) is 14.9 Å². The molecule has 1 aliphatic carbocycles. The van der Waals surface area contributed by atoms with Gasteiger partial charge in [0, 0.05) is 6.04 Å². The summed E-state index contributed by atoms with van der Waals surface area (Å²) in [6, 6.07) is 4.98. The number of hydrogen-bond donors (Lipinski definition) is 1. The molecule has 3 atom stereocenters. The van der Waals surface area contributed by atoms with E-state index in [1.54, 1.807) is 18.2 Å². The molecule has 0 radical (unpaired) electrons. The quantitative estimate of drug-likeness (QED) is 0.617. The van der Waals surface area contributed by atoms with Crippen LogP contribution >= 0.6 is 0 Å². The summed E-state index contributed by atoms with van der Waals surface area (Å²) in [6.07, 6.45) is 3.45. The number of hydrogen-bond acceptors (Lipinski definition) is 6. The largest absolute Gasteiger partial charge is 0.461 e. The van der Waals surface area contributed by atoms with Crippen LogP contribution in [0.5, 0.6) is 0 Å². The Labute approximate surface area is 147 Å². The second kappa shape index (κ2) is 6.93. The summed E-state index contributed by atoms with van der Waals surface area (Å²) < 4.78 is 44.1. The predicted molar refractivity (Wildman–Crippen MR) is 92.5 cm³/mol. The molecular weight excluding hydrogens is 346 g/mol. The summed E-state index contributed by atoms with van der Waals surface area (Å²) in [5.41, 5.74) is 1.25. The van der Waals surface area contributed by atoms with E-state index < -0.39 is 21.3 Å². The van der Waals surface area contributed by atoms with Gasteiger partial charge in [0.25, 0.3) is 10.1 Å². The van der Waals surface area contributed by atoms with E-state index >= 15 is 0 Å². The molecule has 1 fully saturated rings. The van der Waals surface area contributed by atoms with Crippen LogP contribution in [0.4, 0.5) is 0 Å². The Hall–Kier alpha value is -1.64. The first-order valence-corrected chi connectivity index (χ1v) is 9.89. The minimum atomic E-state index is -4.34. The van der Waals surface area contributed by atoms with Gasteiger partial charge in [-0.2, -0.15) is 8.42 Å². The van der Waals surface area contributed by atoms with E-state index in [1.807, 2.05) is 19.0 Å². The van der Waals surface area contributed by atoms with Crippen molar-refractivity contribution in [1.29, 1.82) is 0 Å². The van der Waals surface area contributed by atoms with Crippen LogP contribution < -0.4 is 0 Å². The maximum atomic E-state index is 12.2. The molecule has 0 aliphatic heterocycles. The van der Waals surface area contributed by atoms with E-state index in [9.17, 15) is 17.8 Å². The smallest absolute Gasteiger partial charge is 0.342 e. The van der Waals surface area contributed by atoms with E-state index in [0.717, 1.165) is 19.3 Å². The fraction of sp³-hybridized carbons (Fsp3) is 0.588. The molecule has 2 bridgehead atoms. The zero-order chi connectivity index (χ0) is 18.2. The van der Waals surface area contributed by atoms with Crippen LogP contribution in [0.25, 0.3) is 11.2 Å². The molecule has 2 aromatic rings. The molecule has 2 aromatic heterocycles. The lowest BCUT2D eigenvalue weighted by molar-refractivity contribution is 0.0444. The van der Waals surface area contributed by atoms with E-state index in [2.05, 4.69) is 0 Å². The van der Waals surface area contributed by atoms with Gasteiger partial charge >= 0.3 is 5.97 Å². The number of furan rings is 2. The SMILES string of the molecule is CN(C)C1CCCCC1C(COC(=O)c1cc2ccc1o2)S(=O)(=O)O. The Kier molecular flexibility index (Phi) is 5.04. The molecule has 3 unspecified atom stereocenters. The number of carbonyl (C=O) groups is 1. The molecule has 0 saturated heterocycles. The van der Waals surface area contributed by atoms with Crippen molar-refractivity contribution in [3.8, 4) is 0 Å². The topological polar surface area (TPSA) is 97.0 Å². The van der Waals surface area contributed by atoms with Crippen molar-refractivity contribution >= 4 is 27.3 Å². The Balaban J connectivity index is 1.74. The number of benzene rings is 1. The minimum absolute atomic E-state index is 0.0253. The minimum Gasteiger partial charge on any atom is -0.461 e. The van der Waals surface area contributed by atoms with Crippen LogP contribution in [0.15, 0.2) is 22.6 Å². The summed E-state index contributed by atoms with van der Waals surface area (Å²) in [6.45, 7) is -0.365. The summed E-state index contributed by atoms with van der Waals surface area (Å²) in [7, 11) is -0.548. The van der Waals surface area contributed by atoms with Crippen LogP contribution in [0.2, 0.25) is 0 Å². The fourth-order valence-electron chi connectivity index (χ4n) is 3.83. The van der Waals surface area contributed by atoms with E-state index in [0.29, 0.717) is 17.6 Å². The molecule has 2 heterocycles. The lowest BCUT2D eigenvalue weighted by Crippen LogP contribution is -2.47. The summed E-state index contributed by atoms with van der Waals surface area (Å²) in [4.78, 5) is 14.2. The lowest BCUT2D eigenvalue weighted by Gasteiger charge is -2.39. The molecule has 0 amide bonds.